The molecule has 0 bridgehead atoms. The lowest BCUT2D eigenvalue weighted by atomic mass is 10.1. The fraction of sp³-hybridized carbons (Fsp3) is 0.412. The molecular weight excluding hydrogens is 266 g/mol. The molecule has 1 aromatic rings. The maximum absolute atomic E-state index is 11.9. The molecule has 4 heteroatoms. The molecule has 0 spiro atoms. The lowest BCUT2D eigenvalue weighted by Gasteiger charge is -2.12. The SMILES string of the molecule is Cc1cccc(C)c1NC(=O)COC(=O)C[C@H]1C=CCC1. The molecule has 1 aromatic carbocycles. The van der Waals surface area contributed by atoms with Crippen LogP contribution in [0.25, 0.3) is 0 Å². The number of hydrogen-bond donors (Lipinski definition) is 1. The van der Waals surface area contributed by atoms with Crippen LogP contribution in [0.2, 0.25) is 0 Å². The quantitative estimate of drug-likeness (QED) is 0.668. The van der Waals surface area contributed by atoms with E-state index in [2.05, 4.69) is 11.4 Å². The maximum Gasteiger partial charge on any atom is 0.306 e. The van der Waals surface area contributed by atoms with Crippen molar-refractivity contribution in [3.05, 3.63) is 41.5 Å². The molecule has 2 rings (SSSR count). The Morgan fingerprint density at radius 1 is 1.29 bits per heavy atom. The predicted octanol–water partition coefficient (Wildman–Crippen LogP) is 3.14. The Morgan fingerprint density at radius 3 is 2.62 bits per heavy atom. The highest BCUT2D eigenvalue weighted by Crippen LogP contribution is 2.21. The standard InChI is InChI=1S/C17H21NO3/c1-12-6-5-7-13(2)17(12)18-15(19)11-21-16(20)10-14-8-3-4-9-14/h3,5-8,14H,4,9-11H2,1-2H3,(H,18,19)/t14-/m0/s1. The van der Waals surface area contributed by atoms with Crippen LogP contribution in [0.15, 0.2) is 30.4 Å². The van der Waals surface area contributed by atoms with Gasteiger partial charge in [0.15, 0.2) is 6.61 Å². The van der Waals surface area contributed by atoms with Crippen molar-refractivity contribution in [3.8, 4) is 0 Å². The fourth-order valence-electron chi connectivity index (χ4n) is 2.47. The average molecular weight is 287 g/mol. The van der Waals surface area contributed by atoms with Crippen LogP contribution in [0, 0.1) is 19.8 Å². The summed E-state index contributed by atoms with van der Waals surface area (Å²) in [6, 6.07) is 5.80. The van der Waals surface area contributed by atoms with E-state index in [4.69, 9.17) is 4.74 Å². The zero-order chi connectivity index (χ0) is 15.2. The lowest BCUT2D eigenvalue weighted by molar-refractivity contribution is -0.147. The second-order valence-electron chi connectivity index (χ2n) is 5.45. The van der Waals surface area contributed by atoms with E-state index < -0.39 is 0 Å². The first-order chi connectivity index (χ1) is 10.1. The molecule has 21 heavy (non-hydrogen) atoms. The largest absolute Gasteiger partial charge is 0.456 e. The van der Waals surface area contributed by atoms with Crippen LogP contribution in [0.1, 0.15) is 30.4 Å². The molecule has 4 nitrogen and oxygen atoms in total. The van der Waals surface area contributed by atoms with Gasteiger partial charge in [0.05, 0.1) is 6.42 Å². The van der Waals surface area contributed by atoms with Crippen molar-refractivity contribution in [2.45, 2.75) is 33.1 Å². The molecule has 0 aromatic heterocycles. The van der Waals surface area contributed by atoms with Crippen LogP contribution in [-0.4, -0.2) is 18.5 Å². The second kappa shape index (κ2) is 7.07. The van der Waals surface area contributed by atoms with E-state index in [1.165, 1.54) is 0 Å². The summed E-state index contributed by atoms with van der Waals surface area (Å²) in [6.07, 6.45) is 6.48. The van der Waals surface area contributed by atoms with E-state index >= 15 is 0 Å². The molecule has 112 valence electrons. The Bertz CT molecular complexity index is 543. The minimum absolute atomic E-state index is 0.233. The number of carbonyl (C=O) groups excluding carboxylic acids is 2. The Labute approximate surface area is 125 Å². The van der Waals surface area contributed by atoms with Gasteiger partial charge in [-0.05, 0) is 43.7 Å². The zero-order valence-electron chi connectivity index (χ0n) is 12.5. The summed E-state index contributed by atoms with van der Waals surface area (Å²) < 4.78 is 5.03. The van der Waals surface area contributed by atoms with Gasteiger partial charge in [-0.15, -0.1) is 0 Å². The first kappa shape index (κ1) is 15.3. The highest BCUT2D eigenvalue weighted by Gasteiger charge is 2.16. The van der Waals surface area contributed by atoms with Gasteiger partial charge in [-0.2, -0.15) is 0 Å². The summed E-state index contributed by atoms with van der Waals surface area (Å²) in [5, 5.41) is 2.80. The normalized spacial score (nSPS) is 16.8. The van der Waals surface area contributed by atoms with E-state index in [0.717, 1.165) is 29.7 Å². The third-order valence-electron chi connectivity index (χ3n) is 3.65. The van der Waals surface area contributed by atoms with Crippen LogP contribution in [-0.2, 0) is 14.3 Å². The van der Waals surface area contributed by atoms with Crippen LogP contribution in [0.5, 0.6) is 0 Å². The number of rotatable bonds is 5. The number of hydrogen-bond acceptors (Lipinski definition) is 3. The summed E-state index contributed by atoms with van der Waals surface area (Å²) in [7, 11) is 0. The molecule has 1 N–H and O–H groups in total. The first-order valence-corrected chi connectivity index (χ1v) is 7.24. The molecule has 0 saturated heterocycles. The third kappa shape index (κ3) is 4.45. The number of carbonyl (C=O) groups is 2. The second-order valence-corrected chi connectivity index (χ2v) is 5.45. The van der Waals surface area contributed by atoms with Gasteiger partial charge in [0.1, 0.15) is 0 Å². The predicted molar refractivity (Wildman–Crippen MR) is 82.0 cm³/mol. The van der Waals surface area contributed by atoms with E-state index in [-0.39, 0.29) is 24.4 Å². The average Bonchev–Trinajstić information content (AvgIpc) is 2.94. The number of anilines is 1. The highest BCUT2D eigenvalue weighted by atomic mass is 16.5. The lowest BCUT2D eigenvalue weighted by Crippen LogP contribution is -2.22. The monoisotopic (exact) mass is 287 g/mol. The summed E-state index contributed by atoms with van der Waals surface area (Å²) in [6.45, 7) is 3.63. The highest BCUT2D eigenvalue weighted by molar-refractivity contribution is 5.94. The van der Waals surface area contributed by atoms with Gasteiger partial charge >= 0.3 is 5.97 Å². The molecule has 0 radical (unpaired) electrons. The number of allylic oxidation sites excluding steroid dienone is 2. The van der Waals surface area contributed by atoms with Gasteiger partial charge in [0.25, 0.3) is 5.91 Å². The molecular formula is C17H21NO3. The van der Waals surface area contributed by atoms with Crippen molar-refractivity contribution in [1.29, 1.82) is 0 Å². The summed E-state index contributed by atoms with van der Waals surface area (Å²) in [5.41, 5.74) is 2.77. The summed E-state index contributed by atoms with van der Waals surface area (Å²) >= 11 is 0. The number of esters is 1. The Kier molecular flexibility index (Phi) is 5.14. The maximum atomic E-state index is 11.9. The molecule has 0 unspecified atom stereocenters. The molecule has 0 fully saturated rings. The number of para-hydroxylation sites is 1. The van der Waals surface area contributed by atoms with Crippen molar-refractivity contribution in [1.82, 2.24) is 0 Å². The zero-order valence-corrected chi connectivity index (χ0v) is 12.5. The Morgan fingerprint density at radius 2 is 2.00 bits per heavy atom. The van der Waals surface area contributed by atoms with Gasteiger partial charge in [0, 0.05) is 5.69 Å². The van der Waals surface area contributed by atoms with E-state index in [1.807, 2.05) is 38.1 Å². The number of amides is 1. The van der Waals surface area contributed by atoms with Crippen molar-refractivity contribution in [3.63, 3.8) is 0 Å². The molecule has 0 heterocycles. The molecule has 1 atom stereocenters. The van der Waals surface area contributed by atoms with Crippen LogP contribution in [0.4, 0.5) is 5.69 Å². The summed E-state index contributed by atoms with van der Waals surface area (Å²) in [4.78, 5) is 23.5. The smallest absolute Gasteiger partial charge is 0.306 e. The van der Waals surface area contributed by atoms with Crippen molar-refractivity contribution < 1.29 is 14.3 Å². The van der Waals surface area contributed by atoms with Gasteiger partial charge in [-0.3, -0.25) is 9.59 Å². The van der Waals surface area contributed by atoms with E-state index in [1.54, 1.807) is 0 Å². The topological polar surface area (TPSA) is 55.4 Å². The molecule has 0 saturated carbocycles. The number of nitrogens with one attached hydrogen (secondary N) is 1. The van der Waals surface area contributed by atoms with Crippen LogP contribution in [0.3, 0.4) is 0 Å². The Hall–Kier alpha value is -2.10. The van der Waals surface area contributed by atoms with Gasteiger partial charge < -0.3 is 10.1 Å². The molecule has 1 amide bonds. The summed E-state index contributed by atoms with van der Waals surface area (Å²) in [5.74, 6) is -0.356. The van der Waals surface area contributed by atoms with Crippen molar-refractivity contribution >= 4 is 17.6 Å². The molecule has 1 aliphatic carbocycles. The fourth-order valence-corrected chi connectivity index (χ4v) is 2.47. The number of ether oxygens (including phenoxy) is 1. The minimum Gasteiger partial charge on any atom is -0.456 e. The minimum atomic E-state index is -0.316. The molecule has 0 aliphatic heterocycles. The van der Waals surface area contributed by atoms with E-state index in [0.29, 0.717) is 6.42 Å². The van der Waals surface area contributed by atoms with Crippen LogP contribution < -0.4 is 5.32 Å². The molecule has 1 aliphatic rings. The van der Waals surface area contributed by atoms with Crippen molar-refractivity contribution in [2.24, 2.45) is 5.92 Å². The number of benzene rings is 1. The number of aryl methyl sites for hydroxylation is 2. The van der Waals surface area contributed by atoms with Gasteiger partial charge in [-0.1, -0.05) is 30.4 Å². The van der Waals surface area contributed by atoms with E-state index in [9.17, 15) is 9.59 Å². The van der Waals surface area contributed by atoms with Gasteiger partial charge in [0.2, 0.25) is 0 Å². The Balaban J connectivity index is 1.79. The van der Waals surface area contributed by atoms with Gasteiger partial charge in [-0.25, -0.2) is 0 Å². The van der Waals surface area contributed by atoms with Crippen molar-refractivity contribution in [2.75, 3.05) is 11.9 Å². The van der Waals surface area contributed by atoms with Crippen LogP contribution >= 0.6 is 0 Å². The first-order valence-electron chi connectivity index (χ1n) is 7.24. The third-order valence-corrected chi connectivity index (χ3v) is 3.65.